The van der Waals surface area contributed by atoms with Gasteiger partial charge in [-0.25, -0.2) is 0 Å². The quantitative estimate of drug-likeness (QED) is 0.865. The third-order valence-corrected chi connectivity index (χ3v) is 4.66. The van der Waals surface area contributed by atoms with Gasteiger partial charge < -0.3 is 16.0 Å². The van der Waals surface area contributed by atoms with Crippen LogP contribution in [0.25, 0.3) is 0 Å². The second-order valence-corrected chi connectivity index (χ2v) is 6.12. The van der Waals surface area contributed by atoms with Crippen LogP contribution in [0.4, 0.5) is 10.8 Å². The number of amides is 1. The molecule has 104 valence electrons. The molecule has 6 heteroatoms. The Balaban J connectivity index is 1.50. The van der Waals surface area contributed by atoms with Crippen molar-refractivity contribution in [2.24, 2.45) is 0 Å². The Hall–Kier alpha value is -1.30. The summed E-state index contributed by atoms with van der Waals surface area (Å²) >= 11 is 1.42. The molecule has 0 bridgehead atoms. The molecule has 0 radical (unpaired) electrons. The standard InChI is InChI=1S/C13H20N4OS/c14-12-11(9-3-4-9)13(19-16-12)15-6-5-10(18)17-7-1-2-8-17/h9,15H,1-8H2,(H2,14,16). The van der Waals surface area contributed by atoms with Crippen LogP contribution < -0.4 is 11.1 Å². The van der Waals surface area contributed by atoms with Crippen molar-refractivity contribution in [1.82, 2.24) is 9.27 Å². The van der Waals surface area contributed by atoms with E-state index in [-0.39, 0.29) is 5.91 Å². The molecule has 0 atom stereocenters. The zero-order chi connectivity index (χ0) is 13.2. The molecule has 1 aliphatic heterocycles. The number of likely N-dealkylation sites (tertiary alicyclic amines) is 1. The first-order chi connectivity index (χ1) is 9.25. The first-order valence-electron chi connectivity index (χ1n) is 7.02. The summed E-state index contributed by atoms with van der Waals surface area (Å²) < 4.78 is 4.21. The van der Waals surface area contributed by atoms with Gasteiger partial charge in [0.05, 0.1) is 0 Å². The van der Waals surface area contributed by atoms with Crippen molar-refractivity contribution in [2.75, 3.05) is 30.7 Å². The average molecular weight is 280 g/mol. The molecule has 1 saturated heterocycles. The van der Waals surface area contributed by atoms with E-state index in [0.29, 0.717) is 24.7 Å². The minimum atomic E-state index is 0.260. The second-order valence-electron chi connectivity index (χ2n) is 5.35. The summed E-state index contributed by atoms with van der Waals surface area (Å²) in [4.78, 5) is 13.9. The maximum absolute atomic E-state index is 11.9. The molecular formula is C13H20N4OS. The molecule has 1 aromatic rings. The molecule has 2 heterocycles. The lowest BCUT2D eigenvalue weighted by molar-refractivity contribution is -0.129. The van der Waals surface area contributed by atoms with Crippen molar-refractivity contribution in [3.8, 4) is 0 Å². The minimum absolute atomic E-state index is 0.260. The van der Waals surface area contributed by atoms with Gasteiger partial charge >= 0.3 is 0 Å². The molecule has 1 saturated carbocycles. The van der Waals surface area contributed by atoms with E-state index in [1.165, 1.54) is 29.9 Å². The molecule has 3 rings (SSSR count). The van der Waals surface area contributed by atoms with E-state index in [4.69, 9.17) is 5.73 Å². The number of nitrogen functional groups attached to an aromatic ring is 1. The maximum Gasteiger partial charge on any atom is 0.224 e. The smallest absolute Gasteiger partial charge is 0.224 e. The van der Waals surface area contributed by atoms with Crippen LogP contribution >= 0.6 is 11.5 Å². The van der Waals surface area contributed by atoms with Crippen molar-refractivity contribution in [3.63, 3.8) is 0 Å². The Morgan fingerprint density at radius 3 is 2.84 bits per heavy atom. The summed E-state index contributed by atoms with van der Waals surface area (Å²) in [6, 6.07) is 0. The molecule has 0 spiro atoms. The van der Waals surface area contributed by atoms with Crippen LogP contribution in [-0.2, 0) is 4.79 Å². The number of nitrogens with one attached hydrogen (secondary N) is 1. The summed E-state index contributed by atoms with van der Waals surface area (Å²) in [6.07, 6.45) is 5.28. The van der Waals surface area contributed by atoms with Gasteiger partial charge in [0.2, 0.25) is 5.91 Å². The maximum atomic E-state index is 11.9. The van der Waals surface area contributed by atoms with Crippen LogP contribution in [0.5, 0.6) is 0 Å². The molecule has 2 fully saturated rings. The molecule has 1 aliphatic carbocycles. The van der Waals surface area contributed by atoms with E-state index >= 15 is 0 Å². The first kappa shape index (κ1) is 12.7. The number of nitrogens with two attached hydrogens (primary N) is 1. The van der Waals surface area contributed by atoms with Crippen LogP contribution in [0.15, 0.2) is 0 Å². The lowest BCUT2D eigenvalue weighted by Crippen LogP contribution is -2.29. The summed E-state index contributed by atoms with van der Waals surface area (Å²) in [6.45, 7) is 2.54. The summed E-state index contributed by atoms with van der Waals surface area (Å²) in [5.74, 6) is 1.52. The minimum Gasteiger partial charge on any atom is -0.383 e. The Kier molecular flexibility index (Phi) is 3.59. The molecule has 1 amide bonds. The monoisotopic (exact) mass is 280 g/mol. The fourth-order valence-corrected chi connectivity index (χ4v) is 3.44. The predicted octanol–water partition coefficient (Wildman–Crippen LogP) is 2.03. The van der Waals surface area contributed by atoms with Crippen molar-refractivity contribution in [1.29, 1.82) is 0 Å². The average Bonchev–Trinajstić information content (AvgIpc) is 2.95. The fraction of sp³-hybridized carbons (Fsp3) is 0.692. The van der Waals surface area contributed by atoms with Gasteiger partial charge in [0, 0.05) is 31.6 Å². The number of nitrogens with zero attached hydrogens (tertiary/aromatic N) is 2. The Morgan fingerprint density at radius 2 is 2.16 bits per heavy atom. The number of hydrogen-bond donors (Lipinski definition) is 2. The van der Waals surface area contributed by atoms with E-state index in [0.717, 1.165) is 30.9 Å². The number of aromatic nitrogens is 1. The van der Waals surface area contributed by atoms with E-state index in [1.54, 1.807) is 0 Å². The van der Waals surface area contributed by atoms with E-state index in [2.05, 4.69) is 9.69 Å². The van der Waals surface area contributed by atoms with E-state index in [1.807, 2.05) is 4.90 Å². The molecule has 3 N–H and O–H groups in total. The molecule has 5 nitrogen and oxygen atoms in total. The van der Waals surface area contributed by atoms with Crippen molar-refractivity contribution in [2.45, 2.75) is 38.0 Å². The number of carbonyl (C=O) groups excluding carboxylic acids is 1. The van der Waals surface area contributed by atoms with Gasteiger partial charge in [-0.3, -0.25) is 4.79 Å². The summed E-state index contributed by atoms with van der Waals surface area (Å²) in [5, 5.41) is 4.40. The molecule has 0 aromatic carbocycles. The highest BCUT2D eigenvalue weighted by atomic mass is 32.1. The van der Waals surface area contributed by atoms with Gasteiger partial charge in [-0.1, -0.05) is 0 Å². The largest absolute Gasteiger partial charge is 0.383 e. The Bertz CT molecular complexity index is 463. The zero-order valence-corrected chi connectivity index (χ0v) is 11.8. The normalized spacial score (nSPS) is 18.8. The summed E-state index contributed by atoms with van der Waals surface area (Å²) in [7, 11) is 0. The second kappa shape index (κ2) is 5.36. The van der Waals surface area contributed by atoms with Gasteiger partial charge in [0.15, 0.2) is 0 Å². The van der Waals surface area contributed by atoms with Gasteiger partial charge in [-0.2, -0.15) is 4.37 Å². The van der Waals surface area contributed by atoms with E-state index < -0.39 is 0 Å². The molecule has 0 unspecified atom stereocenters. The van der Waals surface area contributed by atoms with Crippen molar-refractivity contribution >= 4 is 28.3 Å². The zero-order valence-electron chi connectivity index (χ0n) is 11.0. The van der Waals surface area contributed by atoms with Crippen LogP contribution in [-0.4, -0.2) is 34.8 Å². The van der Waals surface area contributed by atoms with Crippen molar-refractivity contribution in [3.05, 3.63) is 5.56 Å². The Labute approximate surface area is 117 Å². The molecular weight excluding hydrogens is 260 g/mol. The SMILES string of the molecule is Nc1nsc(NCCC(=O)N2CCCC2)c1C1CC1. The lowest BCUT2D eigenvalue weighted by Gasteiger charge is -2.15. The fourth-order valence-electron chi connectivity index (χ4n) is 2.61. The highest BCUT2D eigenvalue weighted by molar-refractivity contribution is 7.10. The third kappa shape index (κ3) is 2.83. The molecule has 2 aliphatic rings. The van der Waals surface area contributed by atoms with Gasteiger partial charge in [-0.15, -0.1) is 0 Å². The van der Waals surface area contributed by atoms with Crippen LogP contribution in [0.3, 0.4) is 0 Å². The van der Waals surface area contributed by atoms with Crippen LogP contribution in [0.2, 0.25) is 0 Å². The van der Waals surface area contributed by atoms with Gasteiger partial charge in [-0.05, 0) is 43.1 Å². The third-order valence-electron chi connectivity index (χ3n) is 3.82. The molecule has 19 heavy (non-hydrogen) atoms. The lowest BCUT2D eigenvalue weighted by atomic mass is 10.2. The number of rotatable bonds is 5. The summed E-state index contributed by atoms with van der Waals surface area (Å²) in [5.41, 5.74) is 7.08. The van der Waals surface area contributed by atoms with Gasteiger partial charge in [0.1, 0.15) is 10.8 Å². The predicted molar refractivity (Wildman–Crippen MR) is 77.4 cm³/mol. The van der Waals surface area contributed by atoms with Crippen LogP contribution in [0, 0.1) is 0 Å². The van der Waals surface area contributed by atoms with Crippen molar-refractivity contribution < 1.29 is 4.79 Å². The topological polar surface area (TPSA) is 71.2 Å². The number of anilines is 2. The number of hydrogen-bond acceptors (Lipinski definition) is 5. The highest BCUT2D eigenvalue weighted by Crippen LogP contribution is 2.47. The van der Waals surface area contributed by atoms with Crippen LogP contribution in [0.1, 0.15) is 43.6 Å². The highest BCUT2D eigenvalue weighted by Gasteiger charge is 2.30. The van der Waals surface area contributed by atoms with Gasteiger partial charge in [0.25, 0.3) is 0 Å². The number of carbonyl (C=O) groups is 1. The van der Waals surface area contributed by atoms with E-state index in [9.17, 15) is 4.79 Å². The first-order valence-corrected chi connectivity index (χ1v) is 7.79. The Morgan fingerprint density at radius 1 is 1.42 bits per heavy atom. The molecule has 1 aromatic heterocycles.